The molecule has 0 saturated heterocycles. The van der Waals surface area contributed by atoms with Crippen molar-refractivity contribution in [2.45, 2.75) is 58.9 Å². The molecule has 3 heteroatoms. The highest BCUT2D eigenvalue weighted by atomic mass is 15.1. The predicted molar refractivity (Wildman–Crippen MR) is 63.5 cm³/mol. The molecule has 1 atom stereocenters. The maximum Gasteiger partial charge on any atom is 0.188 e. The third-order valence-corrected chi connectivity index (χ3v) is 2.14. The second-order valence-corrected chi connectivity index (χ2v) is 3.81. The molecule has 0 aromatic heterocycles. The molecule has 0 aliphatic heterocycles. The van der Waals surface area contributed by atoms with E-state index in [9.17, 15) is 0 Å². The van der Waals surface area contributed by atoms with E-state index in [1.54, 1.807) is 0 Å². The van der Waals surface area contributed by atoms with E-state index in [1.165, 1.54) is 25.7 Å². The summed E-state index contributed by atoms with van der Waals surface area (Å²) in [5, 5.41) is 3.20. The van der Waals surface area contributed by atoms with E-state index in [2.05, 4.69) is 31.1 Å². The molecule has 0 aliphatic carbocycles. The van der Waals surface area contributed by atoms with Crippen molar-refractivity contribution in [1.29, 1.82) is 0 Å². The normalized spacial score (nSPS) is 14.1. The summed E-state index contributed by atoms with van der Waals surface area (Å²) in [6.45, 7) is 7.29. The van der Waals surface area contributed by atoms with Crippen molar-refractivity contribution in [1.82, 2.24) is 5.32 Å². The molecule has 0 fully saturated rings. The number of unbranched alkanes of at least 4 members (excludes halogenated alkanes) is 2. The third kappa shape index (κ3) is 7.90. The Kier molecular flexibility index (Phi) is 8.39. The van der Waals surface area contributed by atoms with Gasteiger partial charge in [0.05, 0.1) is 0 Å². The lowest BCUT2D eigenvalue weighted by atomic mass is 10.1. The Morgan fingerprint density at radius 2 is 2.00 bits per heavy atom. The van der Waals surface area contributed by atoms with Crippen LogP contribution >= 0.6 is 0 Å². The van der Waals surface area contributed by atoms with Crippen molar-refractivity contribution in [2.24, 2.45) is 10.7 Å². The quantitative estimate of drug-likeness (QED) is 0.375. The van der Waals surface area contributed by atoms with Gasteiger partial charge in [0.25, 0.3) is 0 Å². The van der Waals surface area contributed by atoms with Gasteiger partial charge < -0.3 is 11.1 Å². The number of hydrogen-bond donors (Lipinski definition) is 2. The van der Waals surface area contributed by atoms with Gasteiger partial charge >= 0.3 is 0 Å². The summed E-state index contributed by atoms with van der Waals surface area (Å²) in [4.78, 5) is 4.19. The van der Waals surface area contributed by atoms with E-state index in [1.807, 2.05) is 0 Å². The van der Waals surface area contributed by atoms with Gasteiger partial charge in [-0.15, -0.1) is 0 Å². The van der Waals surface area contributed by atoms with Crippen LogP contribution < -0.4 is 11.1 Å². The molecule has 0 aromatic rings. The largest absolute Gasteiger partial charge is 0.370 e. The fraction of sp³-hybridized carbons (Fsp3) is 0.909. The highest BCUT2D eigenvalue weighted by Gasteiger charge is 2.01. The fourth-order valence-electron chi connectivity index (χ4n) is 1.30. The number of nitrogens with zero attached hydrogens (tertiary/aromatic N) is 1. The molecule has 0 bridgehead atoms. The summed E-state index contributed by atoms with van der Waals surface area (Å²) in [5.41, 5.74) is 5.70. The topological polar surface area (TPSA) is 50.4 Å². The second kappa shape index (κ2) is 8.85. The molecule has 3 N–H and O–H groups in total. The zero-order chi connectivity index (χ0) is 10.8. The molecule has 3 nitrogen and oxygen atoms in total. The van der Waals surface area contributed by atoms with Crippen molar-refractivity contribution in [3.05, 3.63) is 0 Å². The van der Waals surface area contributed by atoms with E-state index in [-0.39, 0.29) is 0 Å². The van der Waals surface area contributed by atoms with Crippen LogP contribution in [-0.4, -0.2) is 18.5 Å². The van der Waals surface area contributed by atoms with E-state index >= 15 is 0 Å². The Morgan fingerprint density at radius 1 is 1.29 bits per heavy atom. The number of aliphatic imine (C=N–C) groups is 1. The van der Waals surface area contributed by atoms with Gasteiger partial charge in [-0.2, -0.15) is 0 Å². The zero-order valence-corrected chi connectivity index (χ0v) is 9.84. The first-order valence-electron chi connectivity index (χ1n) is 5.77. The number of hydrogen-bond acceptors (Lipinski definition) is 1. The molecule has 1 unspecified atom stereocenters. The van der Waals surface area contributed by atoms with Crippen LogP contribution in [0.3, 0.4) is 0 Å². The van der Waals surface area contributed by atoms with Gasteiger partial charge in [-0.1, -0.05) is 33.1 Å². The molecule has 0 aliphatic rings. The van der Waals surface area contributed by atoms with E-state index in [0.717, 1.165) is 13.0 Å². The Hall–Kier alpha value is -0.730. The lowest BCUT2D eigenvalue weighted by molar-refractivity contribution is 0.552. The standard InChI is InChI=1S/C11H25N3/c1-4-6-7-8-10(3)14-11(12)13-9-5-2/h10H,4-9H2,1-3H3,(H3,12,13,14). The maximum absolute atomic E-state index is 5.70. The molecule has 0 amide bonds. The van der Waals surface area contributed by atoms with Crippen LogP contribution in [0, 0.1) is 0 Å². The molecular weight excluding hydrogens is 174 g/mol. The SMILES string of the molecule is CCCCCC(C)NC(N)=NCCC. The van der Waals surface area contributed by atoms with E-state index in [0.29, 0.717) is 12.0 Å². The van der Waals surface area contributed by atoms with Crippen molar-refractivity contribution < 1.29 is 0 Å². The zero-order valence-electron chi connectivity index (χ0n) is 9.84. The van der Waals surface area contributed by atoms with Gasteiger partial charge in [0.2, 0.25) is 0 Å². The molecule has 84 valence electrons. The lowest BCUT2D eigenvalue weighted by Gasteiger charge is -2.13. The molecule has 0 rings (SSSR count). The first-order valence-corrected chi connectivity index (χ1v) is 5.77. The van der Waals surface area contributed by atoms with Crippen LogP contribution in [0.15, 0.2) is 4.99 Å². The Bertz CT molecular complexity index is 155. The van der Waals surface area contributed by atoms with Gasteiger partial charge in [0, 0.05) is 12.6 Å². The van der Waals surface area contributed by atoms with Gasteiger partial charge in [0.1, 0.15) is 0 Å². The smallest absolute Gasteiger partial charge is 0.188 e. The van der Waals surface area contributed by atoms with E-state index < -0.39 is 0 Å². The summed E-state index contributed by atoms with van der Waals surface area (Å²) < 4.78 is 0. The Labute approximate surface area is 88.2 Å². The highest BCUT2D eigenvalue weighted by molar-refractivity contribution is 5.78. The summed E-state index contributed by atoms with van der Waals surface area (Å²) >= 11 is 0. The molecule has 14 heavy (non-hydrogen) atoms. The molecule has 0 aromatic carbocycles. The van der Waals surface area contributed by atoms with Crippen LogP contribution in [-0.2, 0) is 0 Å². The van der Waals surface area contributed by atoms with Crippen LogP contribution in [0.5, 0.6) is 0 Å². The molecule has 0 spiro atoms. The summed E-state index contributed by atoms with van der Waals surface area (Å²) in [5.74, 6) is 0.593. The van der Waals surface area contributed by atoms with Gasteiger partial charge in [-0.05, 0) is 19.8 Å². The number of nitrogens with one attached hydrogen (secondary N) is 1. The van der Waals surface area contributed by atoms with Crippen LogP contribution in [0.1, 0.15) is 52.9 Å². The average Bonchev–Trinajstić information content (AvgIpc) is 2.15. The lowest BCUT2D eigenvalue weighted by Crippen LogP contribution is -2.38. The monoisotopic (exact) mass is 199 g/mol. The number of nitrogens with two attached hydrogens (primary N) is 1. The number of guanidine groups is 1. The third-order valence-electron chi connectivity index (χ3n) is 2.14. The van der Waals surface area contributed by atoms with Gasteiger partial charge in [-0.25, -0.2) is 0 Å². The predicted octanol–water partition coefficient (Wildman–Crippen LogP) is 2.27. The fourth-order valence-corrected chi connectivity index (χ4v) is 1.30. The first-order chi connectivity index (χ1) is 6.70. The summed E-state index contributed by atoms with van der Waals surface area (Å²) in [7, 11) is 0. The van der Waals surface area contributed by atoms with Crippen molar-refractivity contribution in [2.75, 3.05) is 6.54 Å². The Balaban J connectivity index is 3.54. The molecule has 0 heterocycles. The Morgan fingerprint density at radius 3 is 2.57 bits per heavy atom. The minimum Gasteiger partial charge on any atom is -0.370 e. The van der Waals surface area contributed by atoms with Gasteiger partial charge in [0.15, 0.2) is 5.96 Å². The second-order valence-electron chi connectivity index (χ2n) is 3.81. The highest BCUT2D eigenvalue weighted by Crippen LogP contribution is 2.02. The summed E-state index contributed by atoms with van der Waals surface area (Å²) in [6, 6.07) is 0.446. The van der Waals surface area contributed by atoms with Crippen LogP contribution in [0.4, 0.5) is 0 Å². The maximum atomic E-state index is 5.70. The first kappa shape index (κ1) is 13.3. The minimum atomic E-state index is 0.446. The summed E-state index contributed by atoms with van der Waals surface area (Å²) in [6.07, 6.45) is 6.07. The number of rotatable bonds is 7. The van der Waals surface area contributed by atoms with Gasteiger partial charge in [-0.3, -0.25) is 4.99 Å². The van der Waals surface area contributed by atoms with Crippen molar-refractivity contribution in [3.63, 3.8) is 0 Å². The minimum absolute atomic E-state index is 0.446. The average molecular weight is 199 g/mol. The van der Waals surface area contributed by atoms with Crippen molar-refractivity contribution in [3.8, 4) is 0 Å². The molecule has 0 radical (unpaired) electrons. The van der Waals surface area contributed by atoms with Crippen LogP contribution in [0.25, 0.3) is 0 Å². The van der Waals surface area contributed by atoms with E-state index in [4.69, 9.17) is 5.73 Å². The molecular formula is C11H25N3. The van der Waals surface area contributed by atoms with Crippen LogP contribution in [0.2, 0.25) is 0 Å². The van der Waals surface area contributed by atoms with Crippen molar-refractivity contribution >= 4 is 5.96 Å². The molecule has 0 saturated carbocycles.